The second-order valence-electron chi connectivity index (χ2n) is 5.30. The minimum Gasteiger partial charge on any atom is -0.396 e. The first-order valence-electron chi connectivity index (χ1n) is 6.61. The maximum absolute atomic E-state index is 9.38. The van der Waals surface area contributed by atoms with Gasteiger partial charge in [0.15, 0.2) is 11.5 Å². The molecular weight excluding hydrogens is 260 g/mol. The Morgan fingerprint density at radius 1 is 1.15 bits per heavy atom. The molecule has 0 saturated heterocycles. The maximum atomic E-state index is 9.38. The molecule has 2 heterocycles. The summed E-state index contributed by atoms with van der Waals surface area (Å²) in [6, 6.07) is 0.128. The molecule has 2 aromatic heterocycles. The minimum atomic E-state index is 0.0770. The number of nitrogen functional groups attached to an aromatic ring is 2. The number of hydrogen-bond acceptors (Lipinski definition) is 7. The summed E-state index contributed by atoms with van der Waals surface area (Å²) in [5.74, 6) is 0.576. The fourth-order valence-corrected chi connectivity index (χ4v) is 3.08. The number of aliphatic hydroxyl groups excluding tert-OH is 2. The number of aliphatic hydroxyl groups is 2. The van der Waals surface area contributed by atoms with Crippen molar-refractivity contribution in [2.75, 3.05) is 24.7 Å². The van der Waals surface area contributed by atoms with Crippen LogP contribution in [0, 0.1) is 11.8 Å². The third-order valence-electron chi connectivity index (χ3n) is 4.14. The second kappa shape index (κ2) is 4.88. The van der Waals surface area contributed by atoms with Crippen molar-refractivity contribution in [2.24, 2.45) is 11.8 Å². The highest BCUT2D eigenvalue weighted by atomic mass is 16.3. The van der Waals surface area contributed by atoms with Crippen LogP contribution in [0.2, 0.25) is 0 Å². The number of fused-ring (bicyclic) bond motifs is 1. The zero-order valence-electron chi connectivity index (χ0n) is 11.0. The molecule has 2 unspecified atom stereocenters. The van der Waals surface area contributed by atoms with E-state index < -0.39 is 0 Å². The smallest absolute Gasteiger partial charge is 0.224 e. The van der Waals surface area contributed by atoms with Crippen LogP contribution in [0.5, 0.6) is 0 Å². The summed E-state index contributed by atoms with van der Waals surface area (Å²) in [5, 5.41) is 18.8. The van der Waals surface area contributed by atoms with E-state index in [1.807, 2.05) is 4.57 Å². The van der Waals surface area contributed by atoms with E-state index in [0.29, 0.717) is 11.2 Å². The number of nitrogens with zero attached hydrogens (tertiary/aromatic N) is 4. The molecule has 1 fully saturated rings. The largest absolute Gasteiger partial charge is 0.396 e. The number of anilines is 2. The zero-order chi connectivity index (χ0) is 14.3. The summed E-state index contributed by atoms with van der Waals surface area (Å²) in [4.78, 5) is 12.3. The molecular formula is C12H18N6O2. The van der Waals surface area contributed by atoms with Crippen molar-refractivity contribution >= 4 is 22.9 Å². The molecule has 2 aromatic rings. The lowest BCUT2D eigenvalue weighted by Crippen LogP contribution is -2.15. The van der Waals surface area contributed by atoms with Gasteiger partial charge in [-0.25, -0.2) is 4.98 Å². The molecule has 8 nitrogen and oxygen atoms in total. The van der Waals surface area contributed by atoms with Crippen molar-refractivity contribution in [1.29, 1.82) is 0 Å². The van der Waals surface area contributed by atoms with Gasteiger partial charge in [0.05, 0.1) is 6.33 Å². The quantitative estimate of drug-likeness (QED) is 0.596. The van der Waals surface area contributed by atoms with Gasteiger partial charge in [-0.1, -0.05) is 0 Å². The molecule has 0 amide bonds. The van der Waals surface area contributed by atoms with E-state index in [1.54, 1.807) is 6.33 Å². The standard InChI is InChI=1S/C12H18N6O2/c13-10-9-11(17-12(14)16-10)18(5-15-9)8-1-6(3-19)7(2-8)4-20/h5-8,19-20H,1-4H2,(H4,13,14,16,17). The van der Waals surface area contributed by atoms with E-state index in [-0.39, 0.29) is 42.9 Å². The topological polar surface area (TPSA) is 136 Å². The molecule has 1 saturated carbocycles. The van der Waals surface area contributed by atoms with Crippen LogP contribution in [0.25, 0.3) is 11.2 Å². The molecule has 6 N–H and O–H groups in total. The van der Waals surface area contributed by atoms with Gasteiger partial charge in [-0.05, 0) is 24.7 Å². The van der Waals surface area contributed by atoms with Crippen LogP contribution in [0.4, 0.5) is 11.8 Å². The molecule has 20 heavy (non-hydrogen) atoms. The average Bonchev–Trinajstić information content (AvgIpc) is 3.01. The second-order valence-corrected chi connectivity index (χ2v) is 5.30. The molecule has 1 aliphatic carbocycles. The highest BCUT2D eigenvalue weighted by Crippen LogP contribution is 2.40. The van der Waals surface area contributed by atoms with E-state index in [1.165, 1.54) is 0 Å². The molecule has 3 rings (SSSR count). The van der Waals surface area contributed by atoms with Crippen LogP contribution in [-0.4, -0.2) is 42.9 Å². The Balaban J connectivity index is 1.99. The molecule has 108 valence electrons. The predicted octanol–water partition coefficient (Wildman–Crippen LogP) is -0.457. The van der Waals surface area contributed by atoms with E-state index >= 15 is 0 Å². The fourth-order valence-electron chi connectivity index (χ4n) is 3.08. The maximum Gasteiger partial charge on any atom is 0.224 e. The van der Waals surface area contributed by atoms with Gasteiger partial charge in [-0.15, -0.1) is 0 Å². The van der Waals surface area contributed by atoms with Gasteiger partial charge in [0.1, 0.15) is 5.52 Å². The van der Waals surface area contributed by atoms with Gasteiger partial charge in [0.25, 0.3) is 0 Å². The summed E-state index contributed by atoms with van der Waals surface area (Å²) >= 11 is 0. The van der Waals surface area contributed by atoms with E-state index in [9.17, 15) is 10.2 Å². The van der Waals surface area contributed by atoms with Crippen molar-refractivity contribution in [2.45, 2.75) is 18.9 Å². The molecule has 0 spiro atoms. The van der Waals surface area contributed by atoms with Gasteiger partial charge in [-0.2, -0.15) is 9.97 Å². The SMILES string of the molecule is Nc1nc(N)c2ncn(C3CC(CO)C(CO)C3)c2n1. The van der Waals surface area contributed by atoms with Crippen LogP contribution >= 0.6 is 0 Å². The monoisotopic (exact) mass is 278 g/mol. The highest BCUT2D eigenvalue weighted by Gasteiger charge is 2.35. The lowest BCUT2D eigenvalue weighted by Gasteiger charge is -2.12. The Hall–Kier alpha value is -1.93. The van der Waals surface area contributed by atoms with Gasteiger partial charge in [0, 0.05) is 19.3 Å². The Labute approximate surface area is 115 Å². The van der Waals surface area contributed by atoms with Crippen molar-refractivity contribution < 1.29 is 10.2 Å². The summed E-state index contributed by atoms with van der Waals surface area (Å²) in [5.41, 5.74) is 12.6. The molecule has 0 aromatic carbocycles. The van der Waals surface area contributed by atoms with Gasteiger partial charge in [-0.3, -0.25) is 0 Å². The number of aromatic nitrogens is 4. The molecule has 2 atom stereocenters. The fraction of sp³-hybridized carbons (Fsp3) is 0.583. The highest BCUT2D eigenvalue weighted by molar-refractivity contribution is 5.82. The summed E-state index contributed by atoms with van der Waals surface area (Å²) in [6.07, 6.45) is 3.22. The number of rotatable bonds is 3. The van der Waals surface area contributed by atoms with Crippen LogP contribution < -0.4 is 11.5 Å². The lowest BCUT2D eigenvalue weighted by atomic mass is 9.98. The van der Waals surface area contributed by atoms with Crippen LogP contribution in [0.3, 0.4) is 0 Å². The van der Waals surface area contributed by atoms with E-state index in [0.717, 1.165) is 12.8 Å². The molecule has 8 heteroatoms. The third kappa shape index (κ3) is 1.97. The van der Waals surface area contributed by atoms with E-state index in [2.05, 4.69) is 15.0 Å². The number of hydrogen-bond donors (Lipinski definition) is 4. The van der Waals surface area contributed by atoms with Gasteiger partial charge >= 0.3 is 0 Å². The predicted molar refractivity (Wildman–Crippen MR) is 73.6 cm³/mol. The van der Waals surface area contributed by atoms with Crippen LogP contribution in [-0.2, 0) is 0 Å². The summed E-state index contributed by atoms with van der Waals surface area (Å²) < 4.78 is 1.92. The number of nitrogens with two attached hydrogens (primary N) is 2. The molecule has 0 aliphatic heterocycles. The minimum absolute atomic E-state index is 0.0770. The van der Waals surface area contributed by atoms with Crippen molar-refractivity contribution in [3.05, 3.63) is 6.33 Å². The van der Waals surface area contributed by atoms with Crippen LogP contribution in [0.1, 0.15) is 18.9 Å². The first kappa shape index (κ1) is 13.1. The Morgan fingerprint density at radius 2 is 1.80 bits per heavy atom. The first-order valence-corrected chi connectivity index (χ1v) is 6.61. The summed E-state index contributed by atoms with van der Waals surface area (Å²) in [6.45, 7) is 0.154. The average molecular weight is 278 g/mol. The first-order chi connectivity index (χ1) is 9.63. The lowest BCUT2D eigenvalue weighted by molar-refractivity contribution is 0.141. The van der Waals surface area contributed by atoms with Crippen molar-refractivity contribution in [3.8, 4) is 0 Å². The van der Waals surface area contributed by atoms with Crippen molar-refractivity contribution in [3.63, 3.8) is 0 Å². The Bertz CT molecular complexity index is 616. The normalized spacial score (nSPS) is 26.4. The summed E-state index contributed by atoms with van der Waals surface area (Å²) in [7, 11) is 0. The Kier molecular flexibility index (Phi) is 3.19. The zero-order valence-corrected chi connectivity index (χ0v) is 11.0. The molecule has 0 radical (unpaired) electrons. The van der Waals surface area contributed by atoms with Crippen molar-refractivity contribution in [1.82, 2.24) is 19.5 Å². The van der Waals surface area contributed by atoms with Crippen LogP contribution in [0.15, 0.2) is 6.33 Å². The number of imidazole rings is 1. The van der Waals surface area contributed by atoms with Gasteiger partial charge in [0.2, 0.25) is 5.95 Å². The van der Waals surface area contributed by atoms with E-state index in [4.69, 9.17) is 11.5 Å². The van der Waals surface area contributed by atoms with Gasteiger partial charge < -0.3 is 26.2 Å². The molecule has 1 aliphatic rings. The molecule has 0 bridgehead atoms. The third-order valence-corrected chi connectivity index (χ3v) is 4.14. The Morgan fingerprint density at radius 3 is 2.40 bits per heavy atom.